The molecule has 0 bridgehead atoms. The molecule has 2 aromatic carbocycles. The molecule has 3 rings (SSSR count). The third kappa shape index (κ3) is 2.41. The van der Waals surface area contributed by atoms with Crippen LogP contribution in [0.15, 0.2) is 48.5 Å². The molecule has 1 aliphatic heterocycles. The predicted octanol–water partition coefficient (Wildman–Crippen LogP) is 4.34. The molecule has 0 amide bonds. The van der Waals surface area contributed by atoms with Gasteiger partial charge in [0.25, 0.3) is 0 Å². The van der Waals surface area contributed by atoms with Crippen LogP contribution in [0.3, 0.4) is 0 Å². The number of rotatable bonds is 3. The van der Waals surface area contributed by atoms with Gasteiger partial charge in [0.2, 0.25) is 0 Å². The van der Waals surface area contributed by atoms with Crippen molar-refractivity contribution in [3.63, 3.8) is 0 Å². The summed E-state index contributed by atoms with van der Waals surface area (Å²) in [6.45, 7) is 4.94. The Hall–Kier alpha value is -1.51. The maximum Gasteiger partial charge on any atom is 0.125 e. The highest BCUT2D eigenvalue weighted by Crippen LogP contribution is 2.42. The molecule has 1 N–H and O–H groups in total. The number of nitrogens with one attached hydrogen (secondary N) is 1. The van der Waals surface area contributed by atoms with Gasteiger partial charge in [0.15, 0.2) is 0 Å². The van der Waals surface area contributed by atoms with Crippen LogP contribution in [-0.2, 0) is 6.54 Å². The van der Waals surface area contributed by atoms with Crippen molar-refractivity contribution in [3.8, 4) is 5.75 Å². The maximum atomic E-state index is 6.21. The van der Waals surface area contributed by atoms with Crippen LogP contribution < -0.4 is 10.1 Å². The highest BCUT2D eigenvalue weighted by Gasteiger charge is 2.40. The first kappa shape index (κ1) is 13.5. The summed E-state index contributed by atoms with van der Waals surface area (Å²) >= 11 is 6.21. The van der Waals surface area contributed by atoms with Crippen molar-refractivity contribution in [2.45, 2.75) is 32.0 Å². The minimum Gasteiger partial charge on any atom is -0.486 e. The summed E-state index contributed by atoms with van der Waals surface area (Å²) in [4.78, 5) is 0. The van der Waals surface area contributed by atoms with Gasteiger partial charge in [-0.15, -0.1) is 0 Å². The largest absolute Gasteiger partial charge is 0.486 e. The Morgan fingerprint density at radius 1 is 1.10 bits per heavy atom. The van der Waals surface area contributed by atoms with Crippen LogP contribution in [0.5, 0.6) is 5.75 Å². The maximum absolute atomic E-state index is 6.21. The van der Waals surface area contributed by atoms with Crippen LogP contribution in [0.4, 0.5) is 0 Å². The average Bonchev–Trinajstić information content (AvgIpc) is 2.68. The van der Waals surface area contributed by atoms with Gasteiger partial charge in [0, 0.05) is 17.1 Å². The van der Waals surface area contributed by atoms with E-state index in [1.807, 2.05) is 42.5 Å². The zero-order valence-corrected chi connectivity index (χ0v) is 12.4. The molecule has 0 radical (unpaired) electrons. The molecule has 0 fully saturated rings. The lowest BCUT2D eigenvalue weighted by atomic mass is 9.94. The molecule has 1 aliphatic rings. The number of halogens is 1. The fraction of sp³-hybridized carbons (Fsp3) is 0.294. The molecule has 0 aromatic heterocycles. The van der Waals surface area contributed by atoms with E-state index in [2.05, 4.69) is 25.2 Å². The molecular formula is C17H18ClNO. The number of hydrogen-bond acceptors (Lipinski definition) is 2. The molecule has 104 valence electrons. The highest BCUT2D eigenvalue weighted by molar-refractivity contribution is 6.31. The molecule has 0 saturated carbocycles. The number of para-hydroxylation sites is 1. The van der Waals surface area contributed by atoms with Crippen molar-refractivity contribution in [1.29, 1.82) is 0 Å². The van der Waals surface area contributed by atoms with Crippen LogP contribution in [0.1, 0.15) is 31.0 Å². The fourth-order valence-corrected chi connectivity index (χ4v) is 2.94. The Balaban J connectivity index is 1.82. The molecule has 1 heterocycles. The summed E-state index contributed by atoms with van der Waals surface area (Å²) < 4.78 is 6.03. The van der Waals surface area contributed by atoms with Crippen LogP contribution in [0.2, 0.25) is 5.02 Å². The van der Waals surface area contributed by atoms with E-state index in [-0.39, 0.29) is 11.6 Å². The first-order valence-corrected chi connectivity index (χ1v) is 7.20. The van der Waals surface area contributed by atoms with Gasteiger partial charge in [-0.05, 0) is 31.5 Å². The lowest BCUT2D eigenvalue weighted by molar-refractivity contribution is 0.0958. The third-order valence-electron chi connectivity index (χ3n) is 3.75. The second kappa shape index (κ2) is 5.12. The highest BCUT2D eigenvalue weighted by atomic mass is 35.5. The van der Waals surface area contributed by atoms with Gasteiger partial charge in [-0.3, -0.25) is 0 Å². The fourth-order valence-electron chi connectivity index (χ4n) is 2.74. The number of fused-ring (bicyclic) bond motifs is 1. The minimum absolute atomic E-state index is 0.162. The number of hydrogen-bond donors (Lipinski definition) is 1. The molecule has 0 saturated heterocycles. The Kier molecular flexibility index (Phi) is 3.45. The second-order valence-electron chi connectivity index (χ2n) is 5.65. The lowest BCUT2D eigenvalue weighted by Crippen LogP contribution is -2.38. The lowest BCUT2D eigenvalue weighted by Gasteiger charge is -2.27. The average molecular weight is 288 g/mol. The smallest absolute Gasteiger partial charge is 0.125 e. The molecule has 3 heteroatoms. The number of ether oxygens (including phenoxy) is 1. The standard InChI is InChI=1S/C17H18ClNO/c1-17(2)16(13-8-4-6-10-15(13)20-17)19-11-12-7-3-5-9-14(12)18/h3-10,16,19H,11H2,1-2H3. The summed E-state index contributed by atoms with van der Waals surface area (Å²) in [6, 6.07) is 16.3. The van der Waals surface area contributed by atoms with Gasteiger partial charge in [-0.2, -0.15) is 0 Å². The molecule has 2 nitrogen and oxygen atoms in total. The SMILES string of the molecule is CC1(C)Oc2ccccc2C1NCc1ccccc1Cl. The third-order valence-corrected chi connectivity index (χ3v) is 4.12. The Labute approximate surface area is 124 Å². The van der Waals surface area contributed by atoms with Gasteiger partial charge in [-0.25, -0.2) is 0 Å². The topological polar surface area (TPSA) is 21.3 Å². The van der Waals surface area contributed by atoms with E-state index in [4.69, 9.17) is 16.3 Å². The molecular weight excluding hydrogens is 270 g/mol. The minimum atomic E-state index is -0.259. The van der Waals surface area contributed by atoms with Crippen LogP contribution >= 0.6 is 11.6 Å². The predicted molar refractivity (Wildman–Crippen MR) is 82.2 cm³/mol. The van der Waals surface area contributed by atoms with E-state index in [0.29, 0.717) is 0 Å². The van der Waals surface area contributed by atoms with Crippen molar-refractivity contribution in [3.05, 3.63) is 64.7 Å². The van der Waals surface area contributed by atoms with Gasteiger partial charge >= 0.3 is 0 Å². The van der Waals surface area contributed by atoms with Crippen molar-refractivity contribution < 1.29 is 4.74 Å². The summed E-state index contributed by atoms with van der Waals surface area (Å²) in [5.41, 5.74) is 2.06. The van der Waals surface area contributed by atoms with Crippen LogP contribution in [0.25, 0.3) is 0 Å². The molecule has 0 aliphatic carbocycles. The van der Waals surface area contributed by atoms with Crippen molar-refractivity contribution >= 4 is 11.6 Å². The summed E-state index contributed by atoms with van der Waals surface area (Å²) in [6.07, 6.45) is 0. The first-order chi connectivity index (χ1) is 9.58. The Bertz CT molecular complexity index is 624. The molecule has 2 aromatic rings. The van der Waals surface area contributed by atoms with E-state index in [0.717, 1.165) is 22.9 Å². The van der Waals surface area contributed by atoms with Crippen molar-refractivity contribution in [2.24, 2.45) is 0 Å². The number of benzene rings is 2. The van der Waals surface area contributed by atoms with Crippen molar-refractivity contribution in [2.75, 3.05) is 0 Å². The zero-order chi connectivity index (χ0) is 14.2. The second-order valence-corrected chi connectivity index (χ2v) is 6.06. The summed E-state index contributed by atoms with van der Waals surface area (Å²) in [5.74, 6) is 0.967. The molecule has 0 spiro atoms. The van der Waals surface area contributed by atoms with E-state index in [1.165, 1.54) is 5.56 Å². The molecule has 1 unspecified atom stereocenters. The normalized spacial score (nSPS) is 19.4. The monoisotopic (exact) mass is 287 g/mol. The molecule has 1 atom stereocenters. The summed E-state index contributed by atoms with van der Waals surface area (Å²) in [7, 11) is 0. The quantitative estimate of drug-likeness (QED) is 0.906. The first-order valence-electron chi connectivity index (χ1n) is 6.83. The van der Waals surface area contributed by atoms with Crippen molar-refractivity contribution in [1.82, 2.24) is 5.32 Å². The Morgan fingerprint density at radius 3 is 2.60 bits per heavy atom. The van der Waals surface area contributed by atoms with E-state index in [9.17, 15) is 0 Å². The van der Waals surface area contributed by atoms with Gasteiger partial charge in [0.05, 0.1) is 6.04 Å². The van der Waals surface area contributed by atoms with Crippen LogP contribution in [-0.4, -0.2) is 5.60 Å². The van der Waals surface area contributed by atoms with E-state index in [1.54, 1.807) is 0 Å². The zero-order valence-electron chi connectivity index (χ0n) is 11.7. The molecule has 20 heavy (non-hydrogen) atoms. The van der Waals surface area contributed by atoms with Gasteiger partial charge in [-0.1, -0.05) is 48.0 Å². The van der Waals surface area contributed by atoms with E-state index >= 15 is 0 Å². The van der Waals surface area contributed by atoms with E-state index < -0.39 is 0 Å². The summed E-state index contributed by atoms with van der Waals surface area (Å²) in [5, 5.41) is 4.37. The van der Waals surface area contributed by atoms with Gasteiger partial charge in [0.1, 0.15) is 11.4 Å². The van der Waals surface area contributed by atoms with Gasteiger partial charge < -0.3 is 10.1 Å². The van der Waals surface area contributed by atoms with Crippen LogP contribution in [0, 0.1) is 0 Å². The Morgan fingerprint density at radius 2 is 1.80 bits per heavy atom.